The molecule has 3 rings (SSSR count). The predicted molar refractivity (Wildman–Crippen MR) is 81.6 cm³/mol. The van der Waals surface area contributed by atoms with E-state index in [4.69, 9.17) is 0 Å². The number of benzene rings is 2. The summed E-state index contributed by atoms with van der Waals surface area (Å²) in [5.74, 6) is -0.301. The van der Waals surface area contributed by atoms with Gasteiger partial charge < -0.3 is 5.11 Å². The van der Waals surface area contributed by atoms with Crippen LogP contribution in [0.3, 0.4) is 0 Å². The first-order valence-electron chi connectivity index (χ1n) is 7.06. The monoisotopic (exact) mass is 297 g/mol. The van der Waals surface area contributed by atoms with E-state index in [1.807, 2.05) is 37.3 Å². The number of aromatic nitrogens is 3. The molecule has 2 aromatic carbocycles. The summed E-state index contributed by atoms with van der Waals surface area (Å²) in [6.45, 7) is 1.80. The minimum absolute atomic E-state index is 0.0472. The number of rotatable bonds is 4. The zero-order valence-corrected chi connectivity index (χ0v) is 12.1. The number of hydrogen-bond acceptors (Lipinski definition) is 3. The van der Waals surface area contributed by atoms with Crippen LogP contribution in [0.4, 0.5) is 4.39 Å². The molecule has 1 N–H and O–H groups in total. The predicted octanol–water partition coefficient (Wildman–Crippen LogP) is 3.19. The summed E-state index contributed by atoms with van der Waals surface area (Å²) >= 11 is 0. The minimum Gasteiger partial charge on any atom is -0.390 e. The van der Waals surface area contributed by atoms with Crippen molar-refractivity contribution in [1.29, 1.82) is 0 Å². The van der Waals surface area contributed by atoms with E-state index in [1.165, 1.54) is 12.1 Å². The third kappa shape index (κ3) is 2.63. The third-order valence-corrected chi connectivity index (χ3v) is 3.68. The highest BCUT2D eigenvalue weighted by Crippen LogP contribution is 2.28. The van der Waals surface area contributed by atoms with Crippen molar-refractivity contribution < 1.29 is 9.50 Å². The van der Waals surface area contributed by atoms with Crippen molar-refractivity contribution in [2.75, 3.05) is 0 Å². The number of hydrogen-bond donors (Lipinski definition) is 1. The summed E-state index contributed by atoms with van der Waals surface area (Å²) < 4.78 is 14.9. The highest BCUT2D eigenvalue weighted by Gasteiger charge is 2.19. The van der Waals surface area contributed by atoms with Gasteiger partial charge in [-0.15, -0.1) is 5.10 Å². The van der Waals surface area contributed by atoms with Crippen LogP contribution in [0.5, 0.6) is 0 Å². The summed E-state index contributed by atoms with van der Waals surface area (Å²) in [5.41, 5.74) is 3.05. The van der Waals surface area contributed by atoms with E-state index in [1.54, 1.807) is 16.8 Å². The van der Waals surface area contributed by atoms with Gasteiger partial charge in [-0.25, -0.2) is 9.07 Å². The van der Waals surface area contributed by atoms with Gasteiger partial charge in [-0.05, 0) is 36.8 Å². The average Bonchev–Trinajstić information content (AvgIpc) is 2.99. The van der Waals surface area contributed by atoms with Crippen LogP contribution < -0.4 is 0 Å². The molecule has 5 heteroatoms. The van der Waals surface area contributed by atoms with Crippen LogP contribution in [0.1, 0.15) is 24.2 Å². The molecule has 0 aliphatic carbocycles. The van der Waals surface area contributed by atoms with Crippen LogP contribution in [0.2, 0.25) is 0 Å². The third-order valence-electron chi connectivity index (χ3n) is 3.68. The molecule has 0 fully saturated rings. The lowest BCUT2D eigenvalue weighted by atomic mass is 10.1. The van der Waals surface area contributed by atoms with E-state index < -0.39 is 0 Å². The van der Waals surface area contributed by atoms with Crippen molar-refractivity contribution in [2.45, 2.75) is 19.6 Å². The van der Waals surface area contributed by atoms with Gasteiger partial charge >= 0.3 is 0 Å². The molecule has 0 aliphatic heterocycles. The first-order valence-corrected chi connectivity index (χ1v) is 7.06. The number of nitrogens with zero attached hydrogens (tertiary/aromatic N) is 3. The quantitative estimate of drug-likeness (QED) is 0.804. The molecule has 1 aromatic heterocycles. The Bertz CT molecular complexity index is 753. The van der Waals surface area contributed by atoms with Gasteiger partial charge in [0.25, 0.3) is 0 Å². The molecule has 1 unspecified atom stereocenters. The van der Waals surface area contributed by atoms with Gasteiger partial charge in [0.1, 0.15) is 11.5 Å². The maximum Gasteiger partial charge on any atom is 0.123 e. The first kappa shape index (κ1) is 14.4. The highest BCUT2D eigenvalue weighted by molar-refractivity contribution is 5.62. The summed E-state index contributed by atoms with van der Waals surface area (Å²) in [4.78, 5) is 0. The zero-order chi connectivity index (χ0) is 15.5. The Morgan fingerprint density at radius 3 is 2.41 bits per heavy atom. The second kappa shape index (κ2) is 6.07. The second-order valence-electron chi connectivity index (χ2n) is 5.08. The molecule has 1 atom stereocenters. The normalized spacial score (nSPS) is 12.3. The lowest BCUT2D eigenvalue weighted by Crippen LogP contribution is -2.10. The van der Waals surface area contributed by atoms with E-state index in [2.05, 4.69) is 10.3 Å². The summed E-state index contributed by atoms with van der Waals surface area (Å²) in [6.07, 6.45) is 0. The van der Waals surface area contributed by atoms with Gasteiger partial charge in [-0.2, -0.15) is 0 Å². The fourth-order valence-electron chi connectivity index (χ4n) is 2.48. The fraction of sp³-hybridized carbons (Fsp3) is 0.176. The van der Waals surface area contributed by atoms with Crippen LogP contribution >= 0.6 is 0 Å². The largest absolute Gasteiger partial charge is 0.390 e. The van der Waals surface area contributed by atoms with Crippen LogP contribution in [0, 0.1) is 5.82 Å². The van der Waals surface area contributed by atoms with Gasteiger partial charge in [0.2, 0.25) is 0 Å². The van der Waals surface area contributed by atoms with Crippen molar-refractivity contribution in [3.8, 4) is 11.3 Å². The molecule has 1 heterocycles. The SMILES string of the molecule is CC(c1ccccc1)n1nnc(CO)c1-c1ccc(F)cc1. The Morgan fingerprint density at radius 1 is 1.09 bits per heavy atom. The summed E-state index contributed by atoms with van der Waals surface area (Å²) in [6, 6.07) is 16.0. The molecule has 0 saturated heterocycles. The van der Waals surface area contributed by atoms with E-state index in [0.717, 1.165) is 11.1 Å². The van der Waals surface area contributed by atoms with Crippen molar-refractivity contribution in [1.82, 2.24) is 15.0 Å². The lowest BCUT2D eigenvalue weighted by molar-refractivity contribution is 0.277. The number of aliphatic hydroxyl groups excluding tert-OH is 1. The molecule has 0 radical (unpaired) electrons. The van der Waals surface area contributed by atoms with E-state index in [-0.39, 0.29) is 18.5 Å². The van der Waals surface area contributed by atoms with Crippen LogP contribution in [0.25, 0.3) is 11.3 Å². The Morgan fingerprint density at radius 2 is 1.77 bits per heavy atom. The van der Waals surface area contributed by atoms with Crippen LogP contribution in [-0.4, -0.2) is 20.1 Å². The Balaban J connectivity index is 2.09. The maximum absolute atomic E-state index is 13.1. The van der Waals surface area contributed by atoms with Crippen molar-refractivity contribution in [3.05, 3.63) is 71.7 Å². The molecule has 0 saturated carbocycles. The van der Waals surface area contributed by atoms with Crippen LogP contribution in [0.15, 0.2) is 54.6 Å². The van der Waals surface area contributed by atoms with Crippen LogP contribution in [-0.2, 0) is 6.61 Å². The molecule has 0 spiro atoms. The summed E-state index contributed by atoms with van der Waals surface area (Å²) in [5, 5.41) is 17.7. The second-order valence-corrected chi connectivity index (χ2v) is 5.08. The molecular formula is C17H16FN3O. The van der Waals surface area contributed by atoms with Gasteiger partial charge in [0.15, 0.2) is 0 Å². The molecule has 22 heavy (non-hydrogen) atoms. The maximum atomic E-state index is 13.1. The van der Waals surface area contributed by atoms with E-state index in [9.17, 15) is 9.50 Å². The average molecular weight is 297 g/mol. The number of aliphatic hydroxyl groups is 1. The smallest absolute Gasteiger partial charge is 0.123 e. The molecular weight excluding hydrogens is 281 g/mol. The first-order chi connectivity index (χ1) is 10.7. The minimum atomic E-state index is -0.301. The molecule has 0 bridgehead atoms. The zero-order valence-electron chi connectivity index (χ0n) is 12.1. The molecule has 4 nitrogen and oxygen atoms in total. The lowest BCUT2D eigenvalue weighted by Gasteiger charge is -2.15. The Kier molecular flexibility index (Phi) is 3.98. The van der Waals surface area contributed by atoms with E-state index >= 15 is 0 Å². The Hall–Kier alpha value is -2.53. The standard InChI is InChI=1S/C17H16FN3O/c1-12(13-5-3-2-4-6-13)21-17(16(11-22)19-20-21)14-7-9-15(18)10-8-14/h2-10,12,22H,11H2,1H3. The molecule has 112 valence electrons. The summed E-state index contributed by atoms with van der Waals surface area (Å²) in [7, 11) is 0. The Labute approximate surface area is 127 Å². The van der Waals surface area contributed by atoms with Crippen molar-refractivity contribution in [2.24, 2.45) is 0 Å². The topological polar surface area (TPSA) is 50.9 Å². The van der Waals surface area contributed by atoms with Crippen molar-refractivity contribution in [3.63, 3.8) is 0 Å². The molecule has 0 aliphatic rings. The van der Waals surface area contributed by atoms with Gasteiger partial charge in [0, 0.05) is 5.56 Å². The highest BCUT2D eigenvalue weighted by atomic mass is 19.1. The van der Waals surface area contributed by atoms with Crippen molar-refractivity contribution >= 4 is 0 Å². The van der Waals surface area contributed by atoms with Gasteiger partial charge in [0.05, 0.1) is 18.3 Å². The van der Waals surface area contributed by atoms with Gasteiger partial charge in [-0.3, -0.25) is 0 Å². The molecule has 3 aromatic rings. The van der Waals surface area contributed by atoms with Gasteiger partial charge in [-0.1, -0.05) is 35.5 Å². The van der Waals surface area contributed by atoms with E-state index in [0.29, 0.717) is 11.4 Å². The number of halogens is 1. The molecule has 0 amide bonds. The fourth-order valence-corrected chi connectivity index (χ4v) is 2.48.